The smallest absolute Gasteiger partial charge is 0.252 e. The van der Waals surface area contributed by atoms with Gasteiger partial charge < -0.3 is 14.7 Å². The van der Waals surface area contributed by atoms with Crippen LogP contribution in [0.15, 0.2) is 510 Å². The Bertz CT molecular complexity index is 7320. The van der Waals surface area contributed by atoms with E-state index >= 15 is 0 Å². The van der Waals surface area contributed by atoms with Crippen molar-refractivity contribution in [2.75, 3.05) is 14.7 Å². The lowest BCUT2D eigenvalue weighted by Crippen LogP contribution is -2.61. The molecule has 0 aliphatic carbocycles. The fraction of sp³-hybridized carbons (Fsp3) is 0.0597. The molecule has 2 aliphatic heterocycles. The highest BCUT2D eigenvalue weighted by molar-refractivity contribution is 7.00. The van der Waals surface area contributed by atoms with Crippen molar-refractivity contribution in [1.29, 1.82) is 0 Å². The van der Waals surface area contributed by atoms with E-state index in [0.29, 0.717) is 0 Å². The van der Waals surface area contributed by atoms with Crippen LogP contribution in [0.1, 0.15) is 52.7 Å². The minimum Gasteiger partial charge on any atom is -0.311 e. The zero-order chi connectivity index (χ0) is 93.0. The summed E-state index contributed by atoms with van der Waals surface area (Å²) in [6.07, 6.45) is 0. The highest BCUT2D eigenvalue weighted by Crippen LogP contribution is 2.57. The Labute approximate surface area is 812 Å². The standard InChI is InChI=1S/C134H102BN3/c1-133(2,3)130-118(101-59-35-15-36-60-101)79-107(80-119(130)102-61-37-16-38-62-102)128-114(97-51-27-11-28-52-97)85-111(86-115(128)98-53-29-12-30-54-98)137-124-77-71-105(93-47-23-9-24-48-93)83-122(124)135-123-84-106(94-49-25-10-26-50-94)72-78-125(123)138(127-90-113(89-126(137)132(127)135)136(109-73-67-95(68-74-109)91-43-19-7-20-44-91)110-75-69-96(70-76-110)92-45-21-8-22-46-92)112-87-116(99-55-31-13-32-56-99)129(117(88-112)100-57-33-14-34-58-100)108-81-120(103-63-39-17-40-64-103)131(134(4,5)6)121(82-108)104-65-41-18-42-66-104/h7-90H,1-6H3. The topological polar surface area (TPSA) is 9.72 Å². The maximum Gasteiger partial charge on any atom is 0.252 e. The Morgan fingerprint density at radius 2 is 0.384 bits per heavy atom. The average molecular weight is 1770 g/mol. The van der Waals surface area contributed by atoms with Gasteiger partial charge in [-0.05, 0) is 291 Å². The van der Waals surface area contributed by atoms with Gasteiger partial charge in [-0.25, -0.2) is 0 Å². The highest BCUT2D eigenvalue weighted by atomic mass is 15.2. The third kappa shape index (κ3) is 16.1. The average Bonchev–Trinajstić information content (AvgIpc) is 0.693. The fourth-order valence-corrected chi connectivity index (χ4v) is 21.7. The summed E-state index contributed by atoms with van der Waals surface area (Å²) in [4.78, 5) is 7.85. The van der Waals surface area contributed by atoms with Gasteiger partial charge in [-0.3, -0.25) is 0 Å². The number of hydrogen-bond acceptors (Lipinski definition) is 3. The molecule has 0 saturated heterocycles. The third-order valence-corrected chi connectivity index (χ3v) is 27.8. The Morgan fingerprint density at radius 3 is 0.623 bits per heavy atom. The van der Waals surface area contributed by atoms with Crippen LogP contribution in [0.5, 0.6) is 0 Å². The number of hydrogen-bond donors (Lipinski definition) is 0. The molecule has 2 heterocycles. The first-order valence-electron chi connectivity index (χ1n) is 48.2. The second-order valence-electron chi connectivity index (χ2n) is 38.6. The predicted octanol–water partition coefficient (Wildman–Crippen LogP) is 35.2. The maximum absolute atomic E-state index is 2.67. The molecule has 0 unspecified atom stereocenters. The van der Waals surface area contributed by atoms with Crippen LogP contribution < -0.4 is 31.1 Å². The number of anilines is 9. The van der Waals surface area contributed by atoms with Crippen molar-refractivity contribution < 1.29 is 0 Å². The summed E-state index contributed by atoms with van der Waals surface area (Å²) < 4.78 is 0. The Kier molecular flexibility index (Phi) is 22.3. The molecule has 656 valence electrons. The molecule has 2 aliphatic rings. The second-order valence-corrected chi connectivity index (χ2v) is 38.6. The molecule has 0 radical (unpaired) electrons. The number of nitrogens with zero attached hydrogens (tertiary/aromatic N) is 3. The lowest BCUT2D eigenvalue weighted by atomic mass is 9.33. The summed E-state index contributed by atoms with van der Waals surface area (Å²) >= 11 is 0. The van der Waals surface area contributed by atoms with E-state index in [1.165, 1.54) is 72.0 Å². The van der Waals surface area contributed by atoms with Gasteiger partial charge in [-0.1, -0.05) is 454 Å². The summed E-state index contributed by atoms with van der Waals surface area (Å²) in [7, 11) is 0. The second kappa shape index (κ2) is 36.1. The summed E-state index contributed by atoms with van der Waals surface area (Å²) in [6.45, 7) is 13.9. The molecule has 4 heteroatoms. The lowest BCUT2D eigenvalue weighted by Gasteiger charge is -2.45. The van der Waals surface area contributed by atoms with Crippen LogP contribution in [0.25, 0.3) is 156 Å². The Hall–Kier alpha value is -16.9. The van der Waals surface area contributed by atoms with E-state index in [0.717, 1.165) is 162 Å². The van der Waals surface area contributed by atoms with E-state index in [-0.39, 0.29) is 17.5 Å². The third-order valence-electron chi connectivity index (χ3n) is 27.8. The van der Waals surface area contributed by atoms with Crippen LogP contribution in [-0.4, -0.2) is 6.71 Å². The van der Waals surface area contributed by atoms with Gasteiger partial charge in [-0.15, -0.1) is 0 Å². The molecule has 3 nitrogen and oxygen atoms in total. The molecule has 0 spiro atoms. The molecule has 21 aromatic carbocycles. The van der Waals surface area contributed by atoms with E-state index in [2.05, 4.69) is 566 Å². The van der Waals surface area contributed by atoms with Crippen LogP contribution in [0.4, 0.5) is 51.2 Å². The SMILES string of the molecule is CC(C)(C)c1c(-c2ccccc2)cc(-c2c(-c3ccccc3)cc(N3c4ccc(-c5ccccc5)cc4B4c5cc(-c6ccccc6)ccc5N(c5cc(-c6ccccc6)c(-c6cc(-c7ccccc7)c(C(C)(C)C)c(-c7ccccc7)c6)c(-c6ccccc6)c5)c5cc(N(c6ccc(-c7ccccc7)cc6)c6ccc(-c7ccccc7)cc6)cc3c54)cc2-c2ccccc2)cc1-c1ccccc1. The van der Waals surface area contributed by atoms with Gasteiger partial charge in [0.15, 0.2) is 0 Å². The molecule has 0 amide bonds. The predicted molar refractivity (Wildman–Crippen MR) is 589 cm³/mol. The monoisotopic (exact) mass is 1760 g/mol. The molecule has 0 bridgehead atoms. The summed E-state index contributed by atoms with van der Waals surface area (Å²) in [5.74, 6) is 0. The van der Waals surface area contributed by atoms with Crippen molar-refractivity contribution in [2.24, 2.45) is 0 Å². The Morgan fingerprint density at radius 1 is 0.174 bits per heavy atom. The zero-order valence-electron chi connectivity index (χ0n) is 78.4. The first kappa shape index (κ1) is 85.3. The van der Waals surface area contributed by atoms with Crippen molar-refractivity contribution >= 4 is 74.3 Å². The van der Waals surface area contributed by atoms with Gasteiger partial charge in [0.25, 0.3) is 6.71 Å². The van der Waals surface area contributed by atoms with Crippen LogP contribution in [0.3, 0.4) is 0 Å². The van der Waals surface area contributed by atoms with Crippen molar-refractivity contribution in [3.63, 3.8) is 0 Å². The van der Waals surface area contributed by atoms with Crippen LogP contribution in [0.2, 0.25) is 0 Å². The van der Waals surface area contributed by atoms with E-state index in [1.54, 1.807) is 0 Å². The molecular formula is C134H102BN3. The van der Waals surface area contributed by atoms with E-state index in [4.69, 9.17) is 0 Å². The normalized spacial score (nSPS) is 12.1. The Balaban J connectivity index is 0.878. The van der Waals surface area contributed by atoms with Crippen molar-refractivity contribution in [3.05, 3.63) is 521 Å². The zero-order valence-corrected chi connectivity index (χ0v) is 78.4. The van der Waals surface area contributed by atoms with E-state index < -0.39 is 0 Å². The number of rotatable bonds is 19. The maximum atomic E-state index is 2.67. The molecule has 0 saturated carbocycles. The van der Waals surface area contributed by atoms with Crippen molar-refractivity contribution in [3.8, 4) is 156 Å². The molecule has 0 fully saturated rings. The first-order chi connectivity index (χ1) is 67.7. The molecule has 0 atom stereocenters. The minimum atomic E-state index is -0.358. The summed E-state index contributed by atoms with van der Waals surface area (Å²) in [6, 6.07) is 191. The molecule has 138 heavy (non-hydrogen) atoms. The number of benzene rings is 21. The quantitative estimate of drug-likeness (QED) is 0.0747. The van der Waals surface area contributed by atoms with Crippen LogP contribution in [-0.2, 0) is 10.8 Å². The molecule has 0 aromatic heterocycles. The summed E-state index contributed by atoms with van der Waals surface area (Å²) in [5, 5.41) is 0. The molecular weight excluding hydrogens is 1660 g/mol. The van der Waals surface area contributed by atoms with E-state index in [1.807, 2.05) is 0 Å². The number of fused-ring (bicyclic) bond motifs is 4. The highest BCUT2D eigenvalue weighted by Gasteiger charge is 2.46. The largest absolute Gasteiger partial charge is 0.311 e. The molecule has 23 rings (SSSR count). The molecule has 0 N–H and O–H groups in total. The van der Waals surface area contributed by atoms with E-state index in [9.17, 15) is 0 Å². The van der Waals surface area contributed by atoms with Gasteiger partial charge in [0.05, 0.1) is 5.69 Å². The van der Waals surface area contributed by atoms with Gasteiger partial charge in [0.2, 0.25) is 0 Å². The van der Waals surface area contributed by atoms with Gasteiger partial charge in [0.1, 0.15) is 0 Å². The van der Waals surface area contributed by atoms with Crippen LogP contribution >= 0.6 is 0 Å². The van der Waals surface area contributed by atoms with Gasteiger partial charge in [-0.2, -0.15) is 0 Å². The summed E-state index contributed by atoms with van der Waals surface area (Å²) in [5.41, 5.74) is 46.8. The first-order valence-corrected chi connectivity index (χ1v) is 48.2. The fourth-order valence-electron chi connectivity index (χ4n) is 21.7. The lowest BCUT2D eigenvalue weighted by molar-refractivity contribution is 0.593. The minimum absolute atomic E-state index is 0.264. The molecule has 21 aromatic rings. The van der Waals surface area contributed by atoms with Crippen LogP contribution in [0, 0.1) is 0 Å². The van der Waals surface area contributed by atoms with Gasteiger partial charge in [0, 0.05) is 45.5 Å². The van der Waals surface area contributed by atoms with Gasteiger partial charge >= 0.3 is 0 Å². The van der Waals surface area contributed by atoms with Crippen molar-refractivity contribution in [2.45, 2.75) is 52.4 Å². The van der Waals surface area contributed by atoms with Crippen molar-refractivity contribution in [1.82, 2.24) is 0 Å².